The predicted molar refractivity (Wildman–Crippen MR) is 64.7 cm³/mol. The molecule has 0 saturated carbocycles. The molecular formula is C14H22O. The number of rotatable bonds is 3. The maximum absolute atomic E-state index is 10.5. The van der Waals surface area contributed by atoms with E-state index in [1.54, 1.807) is 0 Å². The zero-order chi connectivity index (χ0) is 11.5. The molecule has 1 unspecified atom stereocenters. The number of aldehydes is 1. The minimum absolute atomic E-state index is 0.374. The maximum Gasteiger partial charge on any atom is 0.145 e. The van der Waals surface area contributed by atoms with Crippen molar-refractivity contribution in [2.75, 3.05) is 0 Å². The summed E-state index contributed by atoms with van der Waals surface area (Å²) in [6, 6.07) is 0. The summed E-state index contributed by atoms with van der Waals surface area (Å²) in [5.74, 6) is 0.598. The molecule has 0 aliphatic heterocycles. The second kappa shape index (κ2) is 4.78. The van der Waals surface area contributed by atoms with Gasteiger partial charge in [-0.25, -0.2) is 0 Å². The number of carbonyl (C=O) groups excluding carboxylic acids is 1. The second-order valence-corrected chi connectivity index (χ2v) is 5.33. The molecule has 0 N–H and O–H groups in total. The highest BCUT2D eigenvalue weighted by atomic mass is 16.1. The Kier molecular flexibility index (Phi) is 3.90. The van der Waals surface area contributed by atoms with Gasteiger partial charge in [0.1, 0.15) is 6.29 Å². The molecule has 0 amide bonds. The van der Waals surface area contributed by atoms with Gasteiger partial charge in [-0.2, -0.15) is 0 Å². The SMILES string of the molecule is CC(C=O)=CCC1C(C)=CCCC1(C)C. The molecule has 0 aromatic carbocycles. The van der Waals surface area contributed by atoms with Gasteiger partial charge in [0.25, 0.3) is 0 Å². The first-order valence-corrected chi connectivity index (χ1v) is 5.76. The van der Waals surface area contributed by atoms with E-state index in [1.165, 1.54) is 18.4 Å². The summed E-state index contributed by atoms with van der Waals surface area (Å²) in [4.78, 5) is 10.5. The van der Waals surface area contributed by atoms with Crippen LogP contribution in [0.15, 0.2) is 23.3 Å². The molecule has 1 atom stereocenters. The Morgan fingerprint density at radius 2 is 2.27 bits per heavy atom. The molecule has 1 aliphatic rings. The van der Waals surface area contributed by atoms with E-state index in [1.807, 2.05) is 6.92 Å². The molecule has 0 aromatic heterocycles. The minimum atomic E-state index is 0.374. The molecule has 0 heterocycles. The van der Waals surface area contributed by atoms with E-state index in [2.05, 4.69) is 32.9 Å². The van der Waals surface area contributed by atoms with Gasteiger partial charge in [0.05, 0.1) is 0 Å². The number of hydrogen-bond donors (Lipinski definition) is 0. The molecule has 0 aromatic rings. The summed E-state index contributed by atoms with van der Waals surface area (Å²) in [5, 5.41) is 0. The van der Waals surface area contributed by atoms with Crippen molar-refractivity contribution in [1.29, 1.82) is 0 Å². The van der Waals surface area contributed by atoms with Crippen LogP contribution < -0.4 is 0 Å². The lowest BCUT2D eigenvalue weighted by molar-refractivity contribution is -0.104. The molecule has 0 spiro atoms. The van der Waals surface area contributed by atoms with Gasteiger partial charge < -0.3 is 0 Å². The monoisotopic (exact) mass is 206 g/mol. The van der Waals surface area contributed by atoms with Gasteiger partial charge >= 0.3 is 0 Å². The van der Waals surface area contributed by atoms with E-state index in [9.17, 15) is 4.79 Å². The zero-order valence-corrected chi connectivity index (χ0v) is 10.3. The molecule has 0 radical (unpaired) electrons. The Bertz CT molecular complexity index is 294. The van der Waals surface area contributed by atoms with E-state index >= 15 is 0 Å². The summed E-state index contributed by atoms with van der Waals surface area (Å²) in [6.45, 7) is 8.76. The van der Waals surface area contributed by atoms with Crippen LogP contribution in [0.5, 0.6) is 0 Å². The highest BCUT2D eigenvalue weighted by Gasteiger charge is 2.31. The quantitative estimate of drug-likeness (QED) is 0.389. The van der Waals surface area contributed by atoms with Crippen LogP contribution in [-0.4, -0.2) is 6.29 Å². The first-order chi connectivity index (χ1) is 6.97. The summed E-state index contributed by atoms with van der Waals surface area (Å²) in [6.07, 6.45) is 8.81. The summed E-state index contributed by atoms with van der Waals surface area (Å²) in [7, 11) is 0. The van der Waals surface area contributed by atoms with E-state index in [0.29, 0.717) is 11.3 Å². The van der Waals surface area contributed by atoms with Crippen LogP contribution in [0.1, 0.15) is 47.0 Å². The molecule has 1 rings (SSSR count). The number of allylic oxidation sites excluding steroid dienone is 4. The van der Waals surface area contributed by atoms with Crippen molar-refractivity contribution in [1.82, 2.24) is 0 Å². The molecular weight excluding hydrogens is 184 g/mol. The van der Waals surface area contributed by atoms with Gasteiger partial charge in [0.2, 0.25) is 0 Å². The summed E-state index contributed by atoms with van der Waals surface area (Å²) < 4.78 is 0. The fourth-order valence-electron chi connectivity index (χ4n) is 2.46. The lowest BCUT2D eigenvalue weighted by atomic mass is 9.67. The molecule has 1 heteroatoms. The topological polar surface area (TPSA) is 17.1 Å². The molecule has 0 bridgehead atoms. The molecule has 0 saturated heterocycles. The minimum Gasteiger partial charge on any atom is -0.298 e. The van der Waals surface area contributed by atoms with Crippen molar-refractivity contribution in [3.05, 3.63) is 23.3 Å². The first kappa shape index (κ1) is 12.2. The average Bonchev–Trinajstić information content (AvgIpc) is 2.15. The van der Waals surface area contributed by atoms with E-state index in [-0.39, 0.29) is 0 Å². The van der Waals surface area contributed by atoms with Gasteiger partial charge in [-0.1, -0.05) is 31.6 Å². The van der Waals surface area contributed by atoms with Gasteiger partial charge in [0.15, 0.2) is 0 Å². The number of hydrogen-bond acceptors (Lipinski definition) is 1. The fraction of sp³-hybridized carbons (Fsp3) is 0.643. The van der Waals surface area contributed by atoms with Crippen LogP contribution in [-0.2, 0) is 4.79 Å². The van der Waals surface area contributed by atoms with Gasteiger partial charge in [-0.15, -0.1) is 0 Å². The summed E-state index contributed by atoms with van der Waals surface area (Å²) in [5.41, 5.74) is 2.71. The molecule has 0 fully saturated rings. The van der Waals surface area contributed by atoms with Crippen molar-refractivity contribution in [2.24, 2.45) is 11.3 Å². The Labute approximate surface area is 93.3 Å². The van der Waals surface area contributed by atoms with Crippen LogP contribution in [0.3, 0.4) is 0 Å². The third kappa shape index (κ3) is 3.05. The Hall–Kier alpha value is -0.850. The van der Waals surface area contributed by atoms with Crippen molar-refractivity contribution in [3.63, 3.8) is 0 Å². The smallest absolute Gasteiger partial charge is 0.145 e. The van der Waals surface area contributed by atoms with Crippen LogP contribution in [0, 0.1) is 11.3 Å². The maximum atomic E-state index is 10.5. The standard InChI is InChI=1S/C14H22O/c1-11(10-15)7-8-13-12(2)6-5-9-14(13,3)4/h6-7,10,13H,5,8-9H2,1-4H3. The third-order valence-corrected chi connectivity index (χ3v) is 3.61. The van der Waals surface area contributed by atoms with E-state index < -0.39 is 0 Å². The molecule has 15 heavy (non-hydrogen) atoms. The van der Waals surface area contributed by atoms with Crippen molar-refractivity contribution in [3.8, 4) is 0 Å². The lowest BCUT2D eigenvalue weighted by Gasteiger charge is -2.38. The fourth-order valence-corrected chi connectivity index (χ4v) is 2.46. The zero-order valence-electron chi connectivity index (χ0n) is 10.3. The van der Waals surface area contributed by atoms with Gasteiger partial charge in [-0.05, 0) is 50.0 Å². The molecule has 1 nitrogen and oxygen atoms in total. The third-order valence-electron chi connectivity index (χ3n) is 3.61. The van der Waals surface area contributed by atoms with Crippen molar-refractivity contribution < 1.29 is 4.79 Å². The lowest BCUT2D eigenvalue weighted by Crippen LogP contribution is -2.27. The van der Waals surface area contributed by atoms with Crippen LogP contribution >= 0.6 is 0 Å². The van der Waals surface area contributed by atoms with Crippen LogP contribution in [0.2, 0.25) is 0 Å². The Balaban J connectivity index is 2.77. The highest BCUT2D eigenvalue weighted by molar-refractivity contribution is 5.71. The van der Waals surface area contributed by atoms with E-state index in [4.69, 9.17) is 0 Å². The van der Waals surface area contributed by atoms with E-state index in [0.717, 1.165) is 18.3 Å². The first-order valence-electron chi connectivity index (χ1n) is 5.76. The van der Waals surface area contributed by atoms with Gasteiger partial charge in [0, 0.05) is 0 Å². The van der Waals surface area contributed by atoms with Crippen molar-refractivity contribution >= 4 is 6.29 Å². The predicted octanol–water partition coefficient (Wildman–Crippen LogP) is 3.90. The average molecular weight is 206 g/mol. The van der Waals surface area contributed by atoms with Crippen molar-refractivity contribution in [2.45, 2.75) is 47.0 Å². The Morgan fingerprint density at radius 1 is 1.60 bits per heavy atom. The highest BCUT2D eigenvalue weighted by Crippen LogP contribution is 2.42. The van der Waals surface area contributed by atoms with Crippen LogP contribution in [0.25, 0.3) is 0 Å². The second-order valence-electron chi connectivity index (χ2n) is 5.33. The summed E-state index contributed by atoms with van der Waals surface area (Å²) >= 11 is 0. The van der Waals surface area contributed by atoms with Gasteiger partial charge in [-0.3, -0.25) is 4.79 Å². The molecule has 84 valence electrons. The normalized spacial score (nSPS) is 26.0. The molecule has 1 aliphatic carbocycles. The Morgan fingerprint density at radius 3 is 2.80 bits per heavy atom. The number of carbonyl (C=O) groups is 1. The largest absolute Gasteiger partial charge is 0.298 e. The van der Waals surface area contributed by atoms with Crippen LogP contribution in [0.4, 0.5) is 0 Å².